The van der Waals surface area contributed by atoms with Crippen LogP contribution in [0.4, 0.5) is 0 Å². The van der Waals surface area contributed by atoms with Crippen molar-refractivity contribution < 1.29 is 9.15 Å². The largest absolute Gasteiger partial charge is 0.493 e. The van der Waals surface area contributed by atoms with E-state index in [0.29, 0.717) is 6.54 Å². The maximum absolute atomic E-state index is 5.71. The van der Waals surface area contributed by atoms with Crippen molar-refractivity contribution in [3.8, 4) is 5.75 Å². The molecule has 3 nitrogen and oxygen atoms in total. The van der Waals surface area contributed by atoms with E-state index < -0.39 is 0 Å². The minimum absolute atomic E-state index is 0.698. The van der Waals surface area contributed by atoms with Crippen molar-refractivity contribution in [2.75, 3.05) is 13.7 Å². The maximum atomic E-state index is 5.71. The van der Waals surface area contributed by atoms with Crippen LogP contribution in [-0.2, 0) is 6.54 Å². The van der Waals surface area contributed by atoms with Gasteiger partial charge in [0.1, 0.15) is 5.76 Å². The van der Waals surface area contributed by atoms with Crippen molar-refractivity contribution in [1.82, 2.24) is 5.32 Å². The summed E-state index contributed by atoms with van der Waals surface area (Å²) in [6.45, 7) is 5.12. The van der Waals surface area contributed by atoms with Crippen LogP contribution < -0.4 is 10.1 Å². The van der Waals surface area contributed by atoms with Gasteiger partial charge in [0.05, 0.1) is 13.7 Å². The molecule has 1 heterocycles. The molecule has 2 rings (SSSR count). The molecule has 0 saturated carbocycles. The Labute approximate surface area is 94.7 Å². The van der Waals surface area contributed by atoms with E-state index in [0.717, 1.165) is 29.0 Å². The Kier molecular flexibility index (Phi) is 3.27. The minimum atomic E-state index is 0.698. The van der Waals surface area contributed by atoms with Crippen molar-refractivity contribution in [3.05, 3.63) is 42.7 Å². The summed E-state index contributed by atoms with van der Waals surface area (Å²) in [6, 6.07) is 7.89. The predicted molar refractivity (Wildman–Crippen MR) is 64.7 cm³/mol. The third-order valence-corrected chi connectivity index (χ3v) is 2.37. The van der Waals surface area contributed by atoms with E-state index in [1.165, 1.54) is 0 Å². The molecule has 16 heavy (non-hydrogen) atoms. The number of hydrogen-bond donors (Lipinski definition) is 1. The normalized spacial score (nSPS) is 10.6. The lowest BCUT2D eigenvalue weighted by molar-refractivity contribution is 0.406. The second-order valence-electron chi connectivity index (χ2n) is 3.51. The van der Waals surface area contributed by atoms with Crippen LogP contribution in [-0.4, -0.2) is 13.7 Å². The summed E-state index contributed by atoms with van der Waals surface area (Å²) in [5.41, 5.74) is 0.806. The molecule has 0 atom stereocenters. The summed E-state index contributed by atoms with van der Waals surface area (Å²) in [5.74, 6) is 1.67. The summed E-state index contributed by atoms with van der Waals surface area (Å²) in [7, 11) is 1.65. The number of ether oxygens (including phenoxy) is 1. The van der Waals surface area contributed by atoms with Gasteiger partial charge in [-0.25, -0.2) is 0 Å². The number of methoxy groups -OCH3 is 1. The van der Waals surface area contributed by atoms with E-state index >= 15 is 0 Å². The fourth-order valence-electron chi connectivity index (χ4n) is 1.63. The van der Waals surface area contributed by atoms with E-state index in [9.17, 15) is 0 Å². The number of rotatable bonds is 5. The molecule has 0 saturated heterocycles. The van der Waals surface area contributed by atoms with Crippen LogP contribution in [0.1, 0.15) is 5.76 Å². The van der Waals surface area contributed by atoms with Gasteiger partial charge in [0, 0.05) is 11.9 Å². The monoisotopic (exact) mass is 217 g/mol. The Bertz CT molecular complexity index is 488. The second kappa shape index (κ2) is 4.86. The van der Waals surface area contributed by atoms with Crippen molar-refractivity contribution >= 4 is 11.0 Å². The molecule has 1 aromatic carbocycles. The van der Waals surface area contributed by atoms with Crippen LogP contribution in [0.5, 0.6) is 5.75 Å². The first-order valence-electron chi connectivity index (χ1n) is 5.22. The molecule has 0 aliphatic rings. The number of para-hydroxylation sites is 1. The van der Waals surface area contributed by atoms with E-state index in [2.05, 4.69) is 11.9 Å². The van der Waals surface area contributed by atoms with Crippen molar-refractivity contribution in [1.29, 1.82) is 0 Å². The Morgan fingerprint density at radius 3 is 3.12 bits per heavy atom. The van der Waals surface area contributed by atoms with E-state index in [4.69, 9.17) is 9.15 Å². The van der Waals surface area contributed by atoms with Gasteiger partial charge in [0.2, 0.25) is 0 Å². The van der Waals surface area contributed by atoms with Crippen LogP contribution in [0.15, 0.2) is 41.3 Å². The molecule has 3 heteroatoms. The van der Waals surface area contributed by atoms with Gasteiger partial charge in [-0.2, -0.15) is 0 Å². The van der Waals surface area contributed by atoms with E-state index in [1.807, 2.05) is 30.3 Å². The smallest absolute Gasteiger partial charge is 0.176 e. The van der Waals surface area contributed by atoms with Crippen LogP contribution in [0, 0.1) is 0 Å². The van der Waals surface area contributed by atoms with Crippen LogP contribution in [0.2, 0.25) is 0 Å². The van der Waals surface area contributed by atoms with Crippen molar-refractivity contribution in [3.63, 3.8) is 0 Å². The number of hydrogen-bond acceptors (Lipinski definition) is 3. The Hall–Kier alpha value is -1.74. The number of nitrogens with one attached hydrogen (secondary N) is 1. The first kappa shape index (κ1) is 10.8. The maximum Gasteiger partial charge on any atom is 0.176 e. The number of furan rings is 1. The highest BCUT2D eigenvalue weighted by atomic mass is 16.5. The molecule has 0 fully saturated rings. The molecule has 0 amide bonds. The molecule has 0 unspecified atom stereocenters. The highest BCUT2D eigenvalue weighted by Gasteiger charge is 2.07. The molecular weight excluding hydrogens is 202 g/mol. The predicted octanol–water partition coefficient (Wildman–Crippen LogP) is 2.72. The van der Waals surface area contributed by atoms with Crippen LogP contribution >= 0.6 is 0 Å². The summed E-state index contributed by atoms with van der Waals surface area (Å²) >= 11 is 0. The number of fused-ring (bicyclic) bond motifs is 1. The fraction of sp³-hybridized carbons (Fsp3) is 0.231. The first-order valence-corrected chi connectivity index (χ1v) is 5.22. The fourth-order valence-corrected chi connectivity index (χ4v) is 1.63. The molecular formula is C13H15NO2. The summed E-state index contributed by atoms with van der Waals surface area (Å²) in [4.78, 5) is 0. The quantitative estimate of drug-likeness (QED) is 0.617. The molecule has 84 valence electrons. The van der Waals surface area contributed by atoms with Gasteiger partial charge >= 0.3 is 0 Å². The summed E-state index contributed by atoms with van der Waals surface area (Å²) < 4.78 is 11.0. The molecule has 0 aliphatic carbocycles. The second-order valence-corrected chi connectivity index (χ2v) is 3.51. The molecule has 0 bridgehead atoms. The average molecular weight is 217 g/mol. The Morgan fingerprint density at radius 1 is 1.50 bits per heavy atom. The Morgan fingerprint density at radius 2 is 2.38 bits per heavy atom. The van der Waals surface area contributed by atoms with Gasteiger partial charge in [0.15, 0.2) is 11.3 Å². The van der Waals surface area contributed by atoms with Gasteiger partial charge in [-0.05, 0) is 12.1 Å². The van der Waals surface area contributed by atoms with Gasteiger partial charge in [-0.3, -0.25) is 0 Å². The topological polar surface area (TPSA) is 34.4 Å². The van der Waals surface area contributed by atoms with Crippen molar-refractivity contribution in [2.45, 2.75) is 6.54 Å². The lowest BCUT2D eigenvalue weighted by Crippen LogP contribution is -2.11. The SMILES string of the molecule is C=CCNCc1cc2cccc(OC)c2o1. The van der Waals surface area contributed by atoms with Gasteiger partial charge in [0.25, 0.3) is 0 Å². The summed E-state index contributed by atoms with van der Waals surface area (Å²) in [6.07, 6.45) is 1.82. The zero-order valence-electron chi connectivity index (χ0n) is 9.32. The lowest BCUT2D eigenvalue weighted by atomic mass is 10.2. The number of benzene rings is 1. The lowest BCUT2D eigenvalue weighted by Gasteiger charge is -1.99. The van der Waals surface area contributed by atoms with E-state index in [1.54, 1.807) is 7.11 Å². The van der Waals surface area contributed by atoms with Gasteiger partial charge in [-0.1, -0.05) is 18.2 Å². The molecule has 0 aliphatic heterocycles. The van der Waals surface area contributed by atoms with E-state index in [-0.39, 0.29) is 0 Å². The highest BCUT2D eigenvalue weighted by Crippen LogP contribution is 2.28. The van der Waals surface area contributed by atoms with Gasteiger partial charge in [-0.15, -0.1) is 6.58 Å². The average Bonchev–Trinajstić information content (AvgIpc) is 2.71. The van der Waals surface area contributed by atoms with Crippen LogP contribution in [0.25, 0.3) is 11.0 Å². The first-order chi connectivity index (χ1) is 7.85. The molecule has 0 spiro atoms. The third kappa shape index (κ3) is 2.09. The summed E-state index contributed by atoms with van der Waals surface area (Å²) in [5, 5.41) is 4.26. The standard InChI is InChI=1S/C13H15NO2/c1-3-7-14-9-11-8-10-5-4-6-12(15-2)13(10)16-11/h3-6,8,14H,1,7,9H2,2H3. The zero-order valence-corrected chi connectivity index (χ0v) is 9.32. The molecule has 2 aromatic rings. The highest BCUT2D eigenvalue weighted by molar-refractivity contribution is 5.83. The molecule has 0 radical (unpaired) electrons. The van der Waals surface area contributed by atoms with Gasteiger partial charge < -0.3 is 14.5 Å². The van der Waals surface area contributed by atoms with Crippen LogP contribution in [0.3, 0.4) is 0 Å². The molecule has 1 aromatic heterocycles. The zero-order chi connectivity index (χ0) is 11.4. The molecule has 1 N–H and O–H groups in total. The van der Waals surface area contributed by atoms with Crippen molar-refractivity contribution in [2.24, 2.45) is 0 Å². The Balaban J connectivity index is 2.25. The third-order valence-electron chi connectivity index (χ3n) is 2.37. The minimum Gasteiger partial charge on any atom is -0.493 e.